The molecule has 3 nitrogen and oxygen atoms in total. The summed E-state index contributed by atoms with van der Waals surface area (Å²) in [7, 11) is 1.88. The van der Waals surface area contributed by atoms with Crippen LogP contribution in [-0.2, 0) is 6.42 Å². The van der Waals surface area contributed by atoms with E-state index < -0.39 is 0 Å². The Hall–Kier alpha value is -4.57. The number of aryl methyl sites for hydroxylation is 1. The van der Waals surface area contributed by atoms with Gasteiger partial charge in [-0.3, -0.25) is 0 Å². The molecular formula is C43H55FN2O. The Morgan fingerprint density at radius 3 is 2.26 bits per heavy atom. The molecule has 3 aromatic carbocycles. The van der Waals surface area contributed by atoms with Crippen molar-refractivity contribution in [2.45, 2.75) is 74.1 Å². The summed E-state index contributed by atoms with van der Waals surface area (Å²) in [5.41, 5.74) is 15.6. The first kappa shape index (κ1) is 38.6. The summed E-state index contributed by atoms with van der Waals surface area (Å²) in [5, 5.41) is 3.98. The van der Waals surface area contributed by atoms with Crippen LogP contribution >= 0.6 is 0 Å². The van der Waals surface area contributed by atoms with Gasteiger partial charge in [0, 0.05) is 41.3 Å². The molecular weight excluding hydrogens is 579 g/mol. The van der Waals surface area contributed by atoms with E-state index in [-0.39, 0.29) is 11.7 Å². The number of furan rings is 1. The van der Waals surface area contributed by atoms with E-state index in [4.69, 9.17) is 10.2 Å². The molecule has 0 bridgehead atoms. The Kier molecular flexibility index (Phi) is 17.5. The summed E-state index contributed by atoms with van der Waals surface area (Å²) in [6.07, 6.45) is 15.4. The lowest BCUT2D eigenvalue weighted by Gasteiger charge is -2.13. The second kappa shape index (κ2) is 21.3. The summed E-state index contributed by atoms with van der Waals surface area (Å²) >= 11 is 0. The minimum Gasteiger partial charge on any atom is -0.456 e. The lowest BCUT2D eigenvalue weighted by molar-refractivity contribution is 0.479. The summed E-state index contributed by atoms with van der Waals surface area (Å²) in [5.74, 6) is 0.576. The largest absolute Gasteiger partial charge is 0.456 e. The highest BCUT2D eigenvalue weighted by Gasteiger charge is 2.22. The molecule has 47 heavy (non-hydrogen) atoms. The Morgan fingerprint density at radius 2 is 1.62 bits per heavy atom. The van der Waals surface area contributed by atoms with E-state index in [2.05, 4.69) is 80.7 Å². The number of nitrogens with one attached hydrogen (secondary N) is 1. The van der Waals surface area contributed by atoms with Crippen molar-refractivity contribution in [1.82, 2.24) is 5.32 Å². The quantitative estimate of drug-likeness (QED) is 0.190. The molecule has 0 spiro atoms. The highest BCUT2D eigenvalue weighted by atomic mass is 19.1. The van der Waals surface area contributed by atoms with Crippen LogP contribution in [0.5, 0.6) is 0 Å². The maximum atomic E-state index is 13.4. The van der Waals surface area contributed by atoms with Gasteiger partial charge in [-0.25, -0.2) is 4.39 Å². The number of halogens is 1. The topological polar surface area (TPSA) is 51.2 Å². The third kappa shape index (κ3) is 11.6. The van der Waals surface area contributed by atoms with Gasteiger partial charge in [-0.1, -0.05) is 126 Å². The van der Waals surface area contributed by atoms with Gasteiger partial charge >= 0.3 is 0 Å². The molecule has 5 rings (SSSR count). The minimum absolute atomic E-state index is 0.0292. The molecule has 1 unspecified atom stereocenters. The first-order valence-corrected chi connectivity index (χ1v) is 17.0. The van der Waals surface area contributed by atoms with E-state index in [1.807, 2.05) is 89.5 Å². The molecule has 1 atom stereocenters. The highest BCUT2D eigenvalue weighted by molar-refractivity contribution is 5.85. The fourth-order valence-corrected chi connectivity index (χ4v) is 5.32. The van der Waals surface area contributed by atoms with Crippen molar-refractivity contribution in [2.24, 2.45) is 11.7 Å². The molecule has 0 amide bonds. The third-order valence-electron chi connectivity index (χ3n) is 7.72. The number of para-hydroxylation sites is 1. The number of allylic oxidation sites excluding steroid dienone is 7. The fourth-order valence-electron chi connectivity index (χ4n) is 5.32. The molecule has 1 aliphatic rings. The number of fused-ring (bicyclic) bond motifs is 3. The molecule has 0 saturated heterocycles. The van der Waals surface area contributed by atoms with E-state index in [0.29, 0.717) is 5.76 Å². The van der Waals surface area contributed by atoms with Crippen molar-refractivity contribution < 1.29 is 8.81 Å². The van der Waals surface area contributed by atoms with Gasteiger partial charge in [-0.15, -0.1) is 0 Å². The second-order valence-corrected chi connectivity index (χ2v) is 11.1. The normalized spacial score (nSPS) is 14.5. The van der Waals surface area contributed by atoms with Crippen molar-refractivity contribution in [3.8, 4) is 0 Å². The van der Waals surface area contributed by atoms with Crippen LogP contribution in [0.15, 0.2) is 125 Å². The van der Waals surface area contributed by atoms with Gasteiger partial charge in [0.25, 0.3) is 0 Å². The molecule has 0 radical (unpaired) electrons. The van der Waals surface area contributed by atoms with Crippen LogP contribution in [0.25, 0.3) is 28.3 Å². The number of rotatable bonds is 8. The monoisotopic (exact) mass is 634 g/mol. The van der Waals surface area contributed by atoms with Crippen LogP contribution in [0.1, 0.15) is 88.8 Å². The third-order valence-corrected chi connectivity index (χ3v) is 7.72. The van der Waals surface area contributed by atoms with Gasteiger partial charge in [0.15, 0.2) is 0 Å². The zero-order valence-electron chi connectivity index (χ0n) is 29.7. The number of hydrogen-bond acceptors (Lipinski definition) is 3. The van der Waals surface area contributed by atoms with Gasteiger partial charge in [-0.2, -0.15) is 0 Å². The van der Waals surface area contributed by atoms with Gasteiger partial charge < -0.3 is 15.5 Å². The van der Waals surface area contributed by atoms with Crippen LogP contribution in [0, 0.1) is 12.8 Å². The van der Waals surface area contributed by atoms with Crippen molar-refractivity contribution in [3.05, 3.63) is 149 Å². The van der Waals surface area contributed by atoms with Gasteiger partial charge in [-0.05, 0) is 79.8 Å². The van der Waals surface area contributed by atoms with Crippen molar-refractivity contribution in [1.29, 1.82) is 0 Å². The molecule has 0 aliphatic heterocycles. The van der Waals surface area contributed by atoms with E-state index in [0.717, 1.165) is 53.5 Å². The summed E-state index contributed by atoms with van der Waals surface area (Å²) in [6, 6.07) is 26.8. The van der Waals surface area contributed by atoms with Gasteiger partial charge in [0.05, 0.1) is 0 Å². The van der Waals surface area contributed by atoms with Gasteiger partial charge in [0.1, 0.15) is 17.2 Å². The number of nitrogens with two attached hydrogens (primary N) is 1. The molecule has 4 heteroatoms. The summed E-state index contributed by atoms with van der Waals surface area (Å²) < 4.78 is 19.0. The summed E-state index contributed by atoms with van der Waals surface area (Å²) in [6.45, 7) is 14.4. The predicted octanol–water partition coefficient (Wildman–Crippen LogP) is 12.2. The maximum Gasteiger partial charge on any atom is 0.135 e. The fraction of sp³-hybridized carbons (Fsp3) is 0.302. The van der Waals surface area contributed by atoms with Gasteiger partial charge in [0.2, 0.25) is 0 Å². The Balaban J connectivity index is 0.000000273. The lowest BCUT2D eigenvalue weighted by atomic mass is 9.92. The van der Waals surface area contributed by atoms with Crippen LogP contribution in [-0.4, -0.2) is 7.05 Å². The molecule has 4 aromatic rings. The molecule has 0 saturated carbocycles. The highest BCUT2D eigenvalue weighted by Crippen LogP contribution is 2.36. The summed E-state index contributed by atoms with van der Waals surface area (Å²) in [4.78, 5) is 0. The van der Waals surface area contributed by atoms with Crippen LogP contribution in [0.3, 0.4) is 0 Å². The Bertz CT molecular complexity index is 1650. The maximum absolute atomic E-state index is 13.4. The molecule has 1 heterocycles. The van der Waals surface area contributed by atoms with E-state index >= 15 is 0 Å². The molecule has 1 aromatic heterocycles. The van der Waals surface area contributed by atoms with Crippen molar-refractivity contribution in [2.75, 3.05) is 7.05 Å². The molecule has 0 fully saturated rings. The smallest absolute Gasteiger partial charge is 0.135 e. The van der Waals surface area contributed by atoms with Crippen LogP contribution < -0.4 is 11.1 Å². The number of hydrogen-bond donors (Lipinski definition) is 2. The average molecular weight is 635 g/mol. The number of benzene rings is 3. The molecule has 3 N–H and O–H groups in total. The van der Waals surface area contributed by atoms with E-state index in [9.17, 15) is 4.39 Å². The van der Waals surface area contributed by atoms with Crippen molar-refractivity contribution in [3.63, 3.8) is 0 Å². The minimum atomic E-state index is -0.0819. The van der Waals surface area contributed by atoms with Crippen molar-refractivity contribution >= 4 is 28.3 Å². The average Bonchev–Trinajstić information content (AvgIpc) is 3.45. The standard InChI is InChI=1S/C22H27N.C13H11FO.C6H11N.C2H6/c1-4-11-21(19-13-7-6-8-14-19)18(5-2)16-22(23)20-15-10-9-12-17(20)3;1-8-6-10-9-4-2-3-5-12(9)15-13(10)7-11(8)14;1-3-4-5-6-7-2;1-2/h6-10,12-16H,4-5,11,23H2,1-3H3;2-5,7-8H,6H2,1H3;3-7H,1-2H3;1-2H3/b21-18+,22-16-;;4-3-,6-5-;. The zero-order chi connectivity index (χ0) is 34.6. The zero-order valence-corrected chi connectivity index (χ0v) is 29.7. The van der Waals surface area contributed by atoms with E-state index in [1.165, 1.54) is 28.3 Å². The Labute approximate surface area is 283 Å². The molecule has 1 aliphatic carbocycles. The first-order chi connectivity index (χ1) is 22.8. The molecule has 250 valence electrons. The van der Waals surface area contributed by atoms with Crippen LogP contribution in [0.4, 0.5) is 4.39 Å². The van der Waals surface area contributed by atoms with Crippen LogP contribution in [0.2, 0.25) is 0 Å². The Morgan fingerprint density at radius 1 is 0.957 bits per heavy atom. The SMILES string of the molecule is C/C=C\C=C/NC.CC.CC1Cc2c(oc3ccccc23)C=C1F.CCC/C(=C(\C=C(/N)c1ccccc1C)CC)c1ccccc1. The second-order valence-electron chi connectivity index (χ2n) is 11.1. The first-order valence-electron chi connectivity index (χ1n) is 17.0. The van der Waals surface area contributed by atoms with E-state index in [1.54, 1.807) is 0 Å². The predicted molar refractivity (Wildman–Crippen MR) is 204 cm³/mol. The lowest BCUT2D eigenvalue weighted by Crippen LogP contribution is -2.05.